The first kappa shape index (κ1) is 26.0. The number of unbranched alkanes of at least 4 members (excludes halogenated alkanes) is 2. The molecule has 0 N–H and O–H groups in total. The Balaban J connectivity index is 1.35. The number of ketones is 1. The summed E-state index contributed by atoms with van der Waals surface area (Å²) in [7, 11) is 0. The lowest BCUT2D eigenvalue weighted by molar-refractivity contribution is 0.0871. The largest absolute Gasteiger partial charge is 0.370 e. The third kappa shape index (κ3) is 5.21. The molecule has 0 spiro atoms. The van der Waals surface area contributed by atoms with Crippen LogP contribution in [0, 0.1) is 0 Å². The normalized spacial score (nSPS) is 17.5. The Hall–Kier alpha value is -2.65. The van der Waals surface area contributed by atoms with Crippen LogP contribution < -0.4 is 4.90 Å². The van der Waals surface area contributed by atoms with Gasteiger partial charge >= 0.3 is 0 Å². The molecule has 1 fully saturated rings. The molecule has 5 rings (SSSR count). The Kier molecular flexibility index (Phi) is 8.30. The summed E-state index contributed by atoms with van der Waals surface area (Å²) in [5.41, 5.74) is 4.72. The van der Waals surface area contributed by atoms with E-state index in [1.54, 1.807) is 0 Å². The number of Topliss-reactive ketones (excluding diaryl/α,β-unsaturated/α-hetero) is 1. The van der Waals surface area contributed by atoms with Crippen LogP contribution in [0.1, 0.15) is 86.7 Å². The first-order valence-electron chi connectivity index (χ1n) is 14.8. The van der Waals surface area contributed by atoms with Crippen molar-refractivity contribution in [3.8, 4) is 0 Å². The van der Waals surface area contributed by atoms with Crippen molar-refractivity contribution in [2.45, 2.75) is 77.0 Å². The topological polar surface area (TPSA) is 23.6 Å². The van der Waals surface area contributed by atoms with Gasteiger partial charge in [0.05, 0.1) is 5.41 Å². The quantitative estimate of drug-likeness (QED) is 0.271. The molecule has 2 aliphatic rings. The van der Waals surface area contributed by atoms with Crippen LogP contribution in [-0.4, -0.2) is 43.4 Å². The van der Waals surface area contributed by atoms with Crippen LogP contribution in [-0.2, 0) is 11.8 Å². The van der Waals surface area contributed by atoms with Gasteiger partial charge in [-0.25, -0.2) is 0 Å². The number of aryl methyl sites for hydroxylation is 1. The molecule has 1 saturated heterocycles. The molecule has 0 radical (unpaired) electrons. The zero-order valence-corrected chi connectivity index (χ0v) is 23.0. The highest BCUT2D eigenvalue weighted by Gasteiger charge is 2.46. The summed E-state index contributed by atoms with van der Waals surface area (Å²) in [6.07, 6.45) is 10.00. The summed E-state index contributed by atoms with van der Waals surface area (Å²) in [4.78, 5) is 19.2. The lowest BCUT2D eigenvalue weighted by Gasteiger charge is -2.30. The zero-order valence-electron chi connectivity index (χ0n) is 23.0. The molecule has 0 bridgehead atoms. The SMILES string of the molecule is CCCCC1(CCCC)C(=O)c2cccc3c(N4CCCN(CCCc5ccccc5)CC4)ccc1c23. The van der Waals surface area contributed by atoms with E-state index in [1.165, 1.54) is 53.5 Å². The molecule has 37 heavy (non-hydrogen) atoms. The van der Waals surface area contributed by atoms with Crippen LogP contribution in [0.2, 0.25) is 0 Å². The van der Waals surface area contributed by atoms with Crippen LogP contribution in [0.3, 0.4) is 0 Å². The Labute approximate surface area is 223 Å². The molecule has 3 nitrogen and oxygen atoms in total. The summed E-state index contributed by atoms with van der Waals surface area (Å²) in [5, 5.41) is 2.54. The van der Waals surface area contributed by atoms with Gasteiger partial charge in [0.25, 0.3) is 0 Å². The van der Waals surface area contributed by atoms with Crippen LogP contribution >= 0.6 is 0 Å². The van der Waals surface area contributed by atoms with Crippen molar-refractivity contribution in [1.29, 1.82) is 0 Å². The molecule has 0 aromatic heterocycles. The Morgan fingerprint density at radius 1 is 0.784 bits per heavy atom. The van der Waals surface area contributed by atoms with Crippen molar-refractivity contribution in [2.24, 2.45) is 0 Å². The number of rotatable bonds is 11. The maximum absolute atomic E-state index is 14.0. The Morgan fingerprint density at radius 2 is 1.57 bits per heavy atom. The van der Waals surface area contributed by atoms with Crippen molar-refractivity contribution in [3.63, 3.8) is 0 Å². The van der Waals surface area contributed by atoms with Crippen LogP contribution in [0.4, 0.5) is 5.69 Å². The van der Waals surface area contributed by atoms with E-state index in [2.05, 4.69) is 84.3 Å². The predicted molar refractivity (Wildman–Crippen MR) is 157 cm³/mol. The van der Waals surface area contributed by atoms with Gasteiger partial charge in [-0.1, -0.05) is 94.1 Å². The molecule has 3 heteroatoms. The fourth-order valence-corrected chi connectivity index (χ4v) is 6.80. The highest BCUT2D eigenvalue weighted by atomic mass is 16.1. The van der Waals surface area contributed by atoms with Crippen molar-refractivity contribution in [1.82, 2.24) is 4.90 Å². The lowest BCUT2D eigenvalue weighted by atomic mass is 9.72. The summed E-state index contributed by atoms with van der Waals surface area (Å²) in [6, 6.07) is 22.0. The van der Waals surface area contributed by atoms with Crippen molar-refractivity contribution in [3.05, 3.63) is 77.4 Å². The monoisotopic (exact) mass is 496 g/mol. The molecule has 0 saturated carbocycles. The number of benzene rings is 3. The number of hydrogen-bond donors (Lipinski definition) is 0. The summed E-state index contributed by atoms with van der Waals surface area (Å²) >= 11 is 0. The minimum atomic E-state index is -0.319. The third-order valence-corrected chi connectivity index (χ3v) is 8.84. The Morgan fingerprint density at radius 3 is 2.32 bits per heavy atom. The maximum atomic E-state index is 14.0. The van der Waals surface area contributed by atoms with Gasteiger partial charge in [0.2, 0.25) is 0 Å². The summed E-state index contributed by atoms with van der Waals surface area (Å²) < 4.78 is 0. The molecule has 196 valence electrons. The third-order valence-electron chi connectivity index (χ3n) is 8.84. The van der Waals surface area contributed by atoms with E-state index in [9.17, 15) is 4.79 Å². The molecule has 0 unspecified atom stereocenters. The van der Waals surface area contributed by atoms with Crippen LogP contribution in [0.25, 0.3) is 10.8 Å². The molecule has 3 aromatic rings. The average molecular weight is 497 g/mol. The highest BCUT2D eigenvalue weighted by molar-refractivity contribution is 6.22. The van der Waals surface area contributed by atoms with E-state index >= 15 is 0 Å². The number of hydrogen-bond acceptors (Lipinski definition) is 3. The van der Waals surface area contributed by atoms with Crippen molar-refractivity contribution >= 4 is 22.2 Å². The van der Waals surface area contributed by atoms with Gasteiger partial charge in [0, 0.05) is 36.3 Å². The smallest absolute Gasteiger partial charge is 0.174 e. The van der Waals surface area contributed by atoms with E-state index in [4.69, 9.17) is 0 Å². The zero-order chi connectivity index (χ0) is 25.7. The second kappa shape index (κ2) is 11.8. The number of carbonyl (C=O) groups is 1. The fraction of sp³-hybridized carbons (Fsp3) is 0.500. The van der Waals surface area contributed by atoms with E-state index in [0.29, 0.717) is 5.78 Å². The van der Waals surface area contributed by atoms with Gasteiger partial charge in [0.1, 0.15) is 0 Å². The van der Waals surface area contributed by atoms with E-state index < -0.39 is 0 Å². The number of nitrogens with zero attached hydrogens (tertiary/aromatic N) is 2. The van der Waals surface area contributed by atoms with Gasteiger partial charge in [0.15, 0.2) is 5.78 Å². The first-order valence-corrected chi connectivity index (χ1v) is 14.8. The lowest BCUT2D eigenvalue weighted by Crippen LogP contribution is -2.32. The molecule has 0 amide bonds. The van der Waals surface area contributed by atoms with E-state index in [1.807, 2.05) is 0 Å². The van der Waals surface area contributed by atoms with Gasteiger partial charge in [-0.15, -0.1) is 0 Å². The van der Waals surface area contributed by atoms with E-state index in [0.717, 1.165) is 70.1 Å². The highest BCUT2D eigenvalue weighted by Crippen LogP contribution is 2.50. The molecule has 1 aliphatic heterocycles. The van der Waals surface area contributed by atoms with Crippen molar-refractivity contribution < 1.29 is 4.79 Å². The van der Waals surface area contributed by atoms with Gasteiger partial charge in [-0.05, 0) is 67.8 Å². The molecule has 0 atom stereocenters. The summed E-state index contributed by atoms with van der Waals surface area (Å²) in [6.45, 7) is 10.0. The molecular formula is C34H44N2O. The second-order valence-corrected chi connectivity index (χ2v) is 11.3. The standard InChI is InChI=1S/C34H44N2O/c1-3-5-20-34(21-6-4-2)30-18-19-31(28-16-10-17-29(32(28)30)33(34)37)36-24-12-23-35(25-26-36)22-11-15-27-13-8-7-9-14-27/h7-10,13-14,16-19H,3-6,11-12,15,20-26H2,1-2H3. The first-order chi connectivity index (χ1) is 18.2. The van der Waals surface area contributed by atoms with Crippen LogP contribution in [0.5, 0.6) is 0 Å². The van der Waals surface area contributed by atoms with Crippen molar-refractivity contribution in [2.75, 3.05) is 37.6 Å². The van der Waals surface area contributed by atoms with Gasteiger partial charge < -0.3 is 9.80 Å². The maximum Gasteiger partial charge on any atom is 0.174 e. The molecule has 3 aromatic carbocycles. The average Bonchev–Trinajstić information content (AvgIpc) is 3.06. The number of carbonyl (C=O) groups excluding carboxylic acids is 1. The minimum Gasteiger partial charge on any atom is -0.370 e. The second-order valence-electron chi connectivity index (χ2n) is 11.3. The molecule has 1 aliphatic carbocycles. The molecule has 1 heterocycles. The summed E-state index contributed by atoms with van der Waals surface area (Å²) in [5.74, 6) is 0.382. The van der Waals surface area contributed by atoms with Gasteiger partial charge in [-0.2, -0.15) is 0 Å². The number of anilines is 1. The minimum absolute atomic E-state index is 0.319. The van der Waals surface area contributed by atoms with Gasteiger partial charge in [-0.3, -0.25) is 4.79 Å². The predicted octanol–water partition coefficient (Wildman–Crippen LogP) is 7.80. The van der Waals surface area contributed by atoms with Crippen LogP contribution in [0.15, 0.2) is 60.7 Å². The molecular weight excluding hydrogens is 452 g/mol. The van der Waals surface area contributed by atoms with E-state index in [-0.39, 0.29) is 5.41 Å². The Bertz CT molecular complexity index is 1190. The fourth-order valence-electron chi connectivity index (χ4n) is 6.80.